The molecule has 0 spiro atoms. The van der Waals surface area contributed by atoms with Crippen LogP contribution in [0.4, 0.5) is 0 Å². The molecule has 3 heterocycles. The van der Waals surface area contributed by atoms with Gasteiger partial charge in [-0.15, -0.1) is 11.3 Å². The van der Waals surface area contributed by atoms with Crippen molar-refractivity contribution in [1.82, 2.24) is 19.5 Å². The van der Waals surface area contributed by atoms with Gasteiger partial charge in [-0.3, -0.25) is 0 Å². The molecular weight excluding hydrogens is 821 g/mol. The summed E-state index contributed by atoms with van der Waals surface area (Å²) in [4.78, 5) is 16.4. The number of nitrogens with zero attached hydrogens (tertiary/aromatic N) is 4. The zero-order valence-electron chi connectivity index (χ0n) is 35.6. The Morgan fingerprint density at radius 1 is 0.303 bits per heavy atom. The summed E-state index contributed by atoms with van der Waals surface area (Å²) in [5.41, 5.74) is 12.7. The first-order valence-electron chi connectivity index (χ1n) is 22.3. The van der Waals surface area contributed by atoms with E-state index in [0.717, 1.165) is 66.8 Å². The lowest BCUT2D eigenvalue weighted by molar-refractivity contribution is 1.07. The summed E-state index contributed by atoms with van der Waals surface area (Å²) in [5, 5.41) is 7.33. The van der Waals surface area contributed by atoms with Crippen molar-refractivity contribution in [2.24, 2.45) is 0 Å². The highest BCUT2D eigenvalue weighted by molar-refractivity contribution is 7.25. The first-order valence-corrected chi connectivity index (χ1v) is 23.1. The number of hydrogen-bond acceptors (Lipinski definition) is 4. The second-order valence-corrected chi connectivity index (χ2v) is 17.8. The van der Waals surface area contributed by atoms with Crippen LogP contribution in [0.5, 0.6) is 0 Å². The van der Waals surface area contributed by atoms with Crippen LogP contribution in [0.2, 0.25) is 0 Å². The number of thiophene rings is 1. The third-order valence-corrected chi connectivity index (χ3v) is 14.0. The minimum atomic E-state index is 0.604. The van der Waals surface area contributed by atoms with Crippen LogP contribution in [-0.2, 0) is 0 Å². The van der Waals surface area contributed by atoms with Gasteiger partial charge in [0.1, 0.15) is 0 Å². The molecule has 0 radical (unpaired) electrons. The number of aromatic nitrogens is 4. The molecule has 0 amide bonds. The van der Waals surface area contributed by atoms with E-state index in [9.17, 15) is 0 Å². The van der Waals surface area contributed by atoms with E-state index in [-0.39, 0.29) is 0 Å². The lowest BCUT2D eigenvalue weighted by Crippen LogP contribution is -2.03. The molecule has 0 aliphatic rings. The van der Waals surface area contributed by atoms with Gasteiger partial charge in [0.2, 0.25) is 0 Å². The number of fused-ring (bicyclic) bond motifs is 7. The summed E-state index contributed by atoms with van der Waals surface area (Å²) in [5.74, 6) is 1.83. The quantitative estimate of drug-likeness (QED) is 0.160. The predicted octanol–water partition coefficient (Wildman–Crippen LogP) is 16.5. The smallest absolute Gasteiger partial charge is 0.164 e. The van der Waals surface area contributed by atoms with Gasteiger partial charge in [-0.2, -0.15) is 0 Å². The van der Waals surface area contributed by atoms with Gasteiger partial charge < -0.3 is 4.57 Å². The maximum atomic E-state index is 5.50. The van der Waals surface area contributed by atoms with Crippen LogP contribution in [-0.4, -0.2) is 19.5 Å². The highest BCUT2D eigenvalue weighted by Crippen LogP contribution is 2.45. The third kappa shape index (κ3) is 6.32. The first-order chi connectivity index (χ1) is 32.7. The second-order valence-electron chi connectivity index (χ2n) is 16.7. The van der Waals surface area contributed by atoms with E-state index in [1.807, 2.05) is 11.3 Å². The van der Waals surface area contributed by atoms with Crippen LogP contribution in [0.1, 0.15) is 0 Å². The Bertz CT molecular complexity index is 3900. The molecule has 0 aliphatic carbocycles. The molecule has 0 bridgehead atoms. The van der Waals surface area contributed by atoms with Crippen molar-refractivity contribution in [3.05, 3.63) is 231 Å². The molecule has 0 unspecified atom stereocenters. The summed E-state index contributed by atoms with van der Waals surface area (Å²) in [6, 6.07) is 82.2. The van der Waals surface area contributed by atoms with Crippen molar-refractivity contribution < 1.29 is 0 Å². The van der Waals surface area contributed by atoms with E-state index in [1.165, 1.54) is 41.7 Å². The van der Waals surface area contributed by atoms with Gasteiger partial charge in [-0.05, 0) is 92.7 Å². The Morgan fingerprint density at radius 3 is 1.47 bits per heavy atom. The van der Waals surface area contributed by atoms with Crippen molar-refractivity contribution in [3.8, 4) is 73.2 Å². The molecule has 3 aromatic heterocycles. The van der Waals surface area contributed by atoms with Crippen LogP contribution >= 0.6 is 11.3 Å². The molecule has 0 saturated carbocycles. The van der Waals surface area contributed by atoms with E-state index in [4.69, 9.17) is 15.0 Å². The molecule has 13 aromatic rings. The minimum Gasteiger partial charge on any atom is -0.309 e. The largest absolute Gasteiger partial charge is 0.309 e. The Morgan fingerprint density at radius 2 is 0.803 bits per heavy atom. The highest BCUT2D eigenvalue weighted by atomic mass is 32.1. The average Bonchev–Trinajstić information content (AvgIpc) is 3.94. The van der Waals surface area contributed by atoms with Gasteiger partial charge in [0.15, 0.2) is 17.5 Å². The molecule has 0 atom stereocenters. The predicted molar refractivity (Wildman–Crippen MR) is 277 cm³/mol. The number of benzene rings is 10. The van der Waals surface area contributed by atoms with Gasteiger partial charge in [-0.25, -0.2) is 15.0 Å². The lowest BCUT2D eigenvalue weighted by Gasteiger charge is -2.17. The van der Waals surface area contributed by atoms with Gasteiger partial charge in [0.25, 0.3) is 0 Å². The fourth-order valence-electron chi connectivity index (χ4n) is 9.85. The molecular formula is C61H38N4S. The Balaban J connectivity index is 1.12. The summed E-state index contributed by atoms with van der Waals surface area (Å²) >= 11 is 1.83. The summed E-state index contributed by atoms with van der Waals surface area (Å²) in [7, 11) is 0. The molecule has 66 heavy (non-hydrogen) atoms. The van der Waals surface area contributed by atoms with Crippen molar-refractivity contribution in [1.29, 1.82) is 0 Å². The van der Waals surface area contributed by atoms with E-state index in [0.29, 0.717) is 17.5 Å². The summed E-state index contributed by atoms with van der Waals surface area (Å²) in [6.45, 7) is 0. The van der Waals surface area contributed by atoms with Crippen molar-refractivity contribution >= 4 is 64.1 Å². The van der Waals surface area contributed by atoms with Crippen LogP contribution in [0.15, 0.2) is 231 Å². The molecule has 10 aromatic carbocycles. The van der Waals surface area contributed by atoms with Crippen LogP contribution < -0.4 is 0 Å². The SMILES string of the molecule is c1ccc(-c2ccccc2-c2nc(-c3ccccc3-c3ccccc3)nc(-c3ccc(-n4c5ccccc5c5cc6ccccc6cc54)cc3-c3cccc4sc5ccccc5c34)n2)cc1. The second kappa shape index (κ2) is 15.6. The number of rotatable bonds is 7. The third-order valence-electron chi connectivity index (χ3n) is 12.9. The molecule has 308 valence electrons. The molecule has 4 nitrogen and oxygen atoms in total. The molecule has 0 fully saturated rings. The molecule has 0 N–H and O–H groups in total. The molecule has 13 rings (SSSR count). The van der Waals surface area contributed by atoms with Gasteiger partial charge >= 0.3 is 0 Å². The summed E-state index contributed by atoms with van der Waals surface area (Å²) in [6.07, 6.45) is 0. The van der Waals surface area contributed by atoms with Crippen LogP contribution in [0.3, 0.4) is 0 Å². The standard InChI is InChI=1S/C61H38N4S/c1-3-18-39(19-4-1)44-24-9-11-27-48(44)59-62-60(49-28-12-10-25-45(49)40-20-5-2-6-21-40)64-61(63-59)50-35-34-43(38-52(50)47-30-17-33-57-58(47)51-29-14-16-32-56(51)66-57)65-54-31-15-13-26-46(54)53-36-41-22-7-8-23-42(41)37-55(53)65/h1-38H. The van der Waals surface area contributed by atoms with E-state index >= 15 is 0 Å². The molecule has 5 heteroatoms. The molecule has 0 saturated heterocycles. The normalized spacial score (nSPS) is 11.6. The fourth-order valence-corrected chi connectivity index (χ4v) is 11.0. The fraction of sp³-hybridized carbons (Fsp3) is 0. The Kier molecular flexibility index (Phi) is 9.00. The average molecular weight is 859 g/mol. The molecule has 0 aliphatic heterocycles. The first kappa shape index (κ1) is 38.0. The maximum absolute atomic E-state index is 5.50. The van der Waals surface area contributed by atoms with Gasteiger partial charge in [-0.1, -0.05) is 182 Å². The number of para-hydroxylation sites is 1. The monoisotopic (exact) mass is 858 g/mol. The maximum Gasteiger partial charge on any atom is 0.164 e. The summed E-state index contributed by atoms with van der Waals surface area (Å²) < 4.78 is 4.91. The van der Waals surface area contributed by atoms with Crippen molar-refractivity contribution in [2.45, 2.75) is 0 Å². The van der Waals surface area contributed by atoms with Crippen LogP contribution in [0.25, 0.3) is 126 Å². The minimum absolute atomic E-state index is 0.604. The Labute approximate surface area is 385 Å². The zero-order valence-corrected chi connectivity index (χ0v) is 36.5. The van der Waals surface area contributed by atoms with E-state index in [2.05, 4.69) is 235 Å². The topological polar surface area (TPSA) is 43.6 Å². The lowest BCUT2D eigenvalue weighted by atomic mass is 9.94. The van der Waals surface area contributed by atoms with E-state index in [1.54, 1.807) is 0 Å². The van der Waals surface area contributed by atoms with Gasteiger partial charge in [0, 0.05) is 53.3 Å². The van der Waals surface area contributed by atoms with Crippen molar-refractivity contribution in [3.63, 3.8) is 0 Å². The van der Waals surface area contributed by atoms with Gasteiger partial charge in [0.05, 0.1) is 11.0 Å². The van der Waals surface area contributed by atoms with Crippen LogP contribution in [0, 0.1) is 0 Å². The highest BCUT2D eigenvalue weighted by Gasteiger charge is 2.23. The number of hydrogen-bond donors (Lipinski definition) is 0. The van der Waals surface area contributed by atoms with Crippen molar-refractivity contribution in [2.75, 3.05) is 0 Å². The Hall–Kier alpha value is -8.51. The zero-order chi connectivity index (χ0) is 43.6. The van der Waals surface area contributed by atoms with E-state index < -0.39 is 0 Å².